The van der Waals surface area contributed by atoms with Crippen molar-refractivity contribution >= 4 is 6.21 Å². The highest BCUT2D eigenvalue weighted by Gasteiger charge is 2.44. The van der Waals surface area contributed by atoms with Crippen molar-refractivity contribution in [2.75, 3.05) is 0 Å². The Balaban J connectivity index is 2.24. The Bertz CT molecular complexity index is 269. The first-order valence-electron chi connectivity index (χ1n) is 5.76. The Hall–Kier alpha value is -0.630. The number of aliphatic imine (C=N–C) groups is 1. The van der Waals surface area contributed by atoms with Crippen LogP contribution in [-0.4, -0.2) is 17.3 Å². The standard InChI is InChI=1S/C12H20N2/c1-3-5-12-7-6-11(4-2,14-12)8-9-13-10-12/h8-10,14H,3-7H2,1-2H3. The van der Waals surface area contributed by atoms with Crippen molar-refractivity contribution in [3.63, 3.8) is 0 Å². The fraction of sp³-hybridized carbons (Fsp3) is 0.750. The van der Waals surface area contributed by atoms with Gasteiger partial charge in [-0.2, -0.15) is 0 Å². The molecule has 0 aromatic carbocycles. The van der Waals surface area contributed by atoms with Gasteiger partial charge in [-0.15, -0.1) is 0 Å². The number of hydrogen-bond acceptors (Lipinski definition) is 2. The third kappa shape index (κ3) is 1.52. The molecular weight excluding hydrogens is 172 g/mol. The van der Waals surface area contributed by atoms with Crippen LogP contribution in [0.3, 0.4) is 0 Å². The summed E-state index contributed by atoms with van der Waals surface area (Å²) in [5.41, 5.74) is 0.417. The molecule has 0 spiro atoms. The molecule has 1 fully saturated rings. The summed E-state index contributed by atoms with van der Waals surface area (Å²) < 4.78 is 0. The number of rotatable bonds is 3. The Morgan fingerprint density at radius 1 is 1.29 bits per heavy atom. The second-order valence-corrected chi connectivity index (χ2v) is 4.63. The molecule has 78 valence electrons. The summed E-state index contributed by atoms with van der Waals surface area (Å²) in [6.45, 7) is 4.50. The zero-order valence-electron chi connectivity index (χ0n) is 9.21. The number of nitrogens with one attached hydrogen (secondary N) is 1. The first kappa shape index (κ1) is 9.91. The van der Waals surface area contributed by atoms with Crippen LogP contribution in [0, 0.1) is 0 Å². The van der Waals surface area contributed by atoms with Gasteiger partial charge >= 0.3 is 0 Å². The van der Waals surface area contributed by atoms with Crippen molar-refractivity contribution in [3.05, 3.63) is 12.3 Å². The van der Waals surface area contributed by atoms with E-state index >= 15 is 0 Å². The average Bonchev–Trinajstić information content (AvgIpc) is 2.42. The quantitative estimate of drug-likeness (QED) is 0.730. The zero-order chi connectivity index (χ0) is 10.1. The van der Waals surface area contributed by atoms with Crippen molar-refractivity contribution in [2.45, 2.75) is 57.0 Å². The molecule has 2 heteroatoms. The van der Waals surface area contributed by atoms with Gasteiger partial charge in [0.2, 0.25) is 0 Å². The minimum Gasteiger partial charge on any atom is -0.297 e. The molecule has 0 aromatic heterocycles. The van der Waals surface area contributed by atoms with Crippen LogP contribution >= 0.6 is 0 Å². The van der Waals surface area contributed by atoms with Gasteiger partial charge in [0.15, 0.2) is 0 Å². The molecular formula is C12H20N2. The molecule has 2 heterocycles. The summed E-state index contributed by atoms with van der Waals surface area (Å²) in [5, 5.41) is 3.79. The van der Waals surface area contributed by atoms with Gasteiger partial charge in [-0.1, -0.05) is 20.3 Å². The van der Waals surface area contributed by atoms with Gasteiger partial charge in [0.25, 0.3) is 0 Å². The maximum absolute atomic E-state index is 4.37. The molecule has 2 atom stereocenters. The van der Waals surface area contributed by atoms with Gasteiger partial charge in [0.05, 0.1) is 5.54 Å². The fourth-order valence-electron chi connectivity index (χ4n) is 2.74. The SMILES string of the molecule is CCCC12C=NC=CC(CC)(CC1)N2. The van der Waals surface area contributed by atoms with Gasteiger partial charge in [-0.05, 0) is 31.8 Å². The Labute approximate surface area is 86.5 Å². The van der Waals surface area contributed by atoms with Crippen molar-refractivity contribution < 1.29 is 0 Å². The molecule has 2 aliphatic rings. The minimum absolute atomic E-state index is 0.189. The van der Waals surface area contributed by atoms with Crippen molar-refractivity contribution in [1.29, 1.82) is 0 Å². The molecule has 0 aliphatic carbocycles. The Kier molecular flexibility index (Phi) is 2.48. The van der Waals surface area contributed by atoms with Gasteiger partial charge in [-0.25, -0.2) is 0 Å². The summed E-state index contributed by atoms with van der Waals surface area (Å²) in [4.78, 5) is 4.37. The van der Waals surface area contributed by atoms with Crippen molar-refractivity contribution in [2.24, 2.45) is 4.99 Å². The van der Waals surface area contributed by atoms with E-state index in [1.807, 2.05) is 6.20 Å². The van der Waals surface area contributed by atoms with E-state index < -0.39 is 0 Å². The van der Waals surface area contributed by atoms with Gasteiger partial charge < -0.3 is 0 Å². The molecule has 1 saturated heterocycles. The molecule has 2 unspecified atom stereocenters. The summed E-state index contributed by atoms with van der Waals surface area (Å²) in [5.74, 6) is 0. The summed E-state index contributed by atoms with van der Waals surface area (Å²) in [6.07, 6.45) is 12.4. The van der Waals surface area contributed by atoms with E-state index in [2.05, 4.69) is 36.4 Å². The Morgan fingerprint density at radius 2 is 2.07 bits per heavy atom. The Morgan fingerprint density at radius 3 is 2.79 bits per heavy atom. The maximum atomic E-state index is 4.37. The lowest BCUT2D eigenvalue weighted by atomic mass is 9.91. The molecule has 0 amide bonds. The molecule has 2 aliphatic heterocycles. The zero-order valence-corrected chi connectivity index (χ0v) is 9.21. The van der Waals surface area contributed by atoms with Gasteiger partial charge in [0, 0.05) is 18.0 Å². The largest absolute Gasteiger partial charge is 0.297 e. The second-order valence-electron chi connectivity index (χ2n) is 4.63. The molecule has 2 rings (SSSR count). The van der Waals surface area contributed by atoms with E-state index in [0.717, 1.165) is 0 Å². The fourth-order valence-corrected chi connectivity index (χ4v) is 2.74. The molecule has 2 bridgehead atoms. The van der Waals surface area contributed by atoms with E-state index in [-0.39, 0.29) is 11.1 Å². The van der Waals surface area contributed by atoms with E-state index in [9.17, 15) is 0 Å². The van der Waals surface area contributed by atoms with Crippen LogP contribution in [0.15, 0.2) is 17.3 Å². The minimum atomic E-state index is 0.189. The van der Waals surface area contributed by atoms with E-state index in [0.29, 0.717) is 0 Å². The maximum Gasteiger partial charge on any atom is 0.0545 e. The number of hydrogen-bond donors (Lipinski definition) is 1. The normalized spacial score (nSPS) is 40.1. The molecule has 14 heavy (non-hydrogen) atoms. The van der Waals surface area contributed by atoms with Crippen LogP contribution in [0.4, 0.5) is 0 Å². The highest BCUT2D eigenvalue weighted by Crippen LogP contribution is 2.37. The van der Waals surface area contributed by atoms with Crippen LogP contribution in [0.2, 0.25) is 0 Å². The average molecular weight is 192 g/mol. The smallest absolute Gasteiger partial charge is 0.0545 e. The first-order valence-corrected chi connectivity index (χ1v) is 5.76. The molecule has 0 aromatic rings. The van der Waals surface area contributed by atoms with Crippen LogP contribution in [-0.2, 0) is 0 Å². The summed E-state index contributed by atoms with van der Waals surface area (Å²) in [6, 6.07) is 0. The number of fused-ring (bicyclic) bond motifs is 2. The summed E-state index contributed by atoms with van der Waals surface area (Å²) in [7, 11) is 0. The summed E-state index contributed by atoms with van der Waals surface area (Å²) >= 11 is 0. The lowest BCUT2D eigenvalue weighted by Crippen LogP contribution is -2.49. The first-order chi connectivity index (χ1) is 6.74. The monoisotopic (exact) mass is 192 g/mol. The van der Waals surface area contributed by atoms with Crippen LogP contribution < -0.4 is 5.32 Å². The van der Waals surface area contributed by atoms with Crippen LogP contribution in [0.1, 0.15) is 46.0 Å². The van der Waals surface area contributed by atoms with E-state index in [1.165, 1.54) is 32.1 Å². The van der Waals surface area contributed by atoms with Crippen LogP contribution in [0.25, 0.3) is 0 Å². The predicted molar refractivity (Wildman–Crippen MR) is 60.7 cm³/mol. The highest BCUT2D eigenvalue weighted by molar-refractivity contribution is 5.72. The van der Waals surface area contributed by atoms with Crippen LogP contribution in [0.5, 0.6) is 0 Å². The highest BCUT2D eigenvalue weighted by atomic mass is 15.1. The lowest BCUT2D eigenvalue weighted by Gasteiger charge is -2.30. The van der Waals surface area contributed by atoms with Gasteiger partial charge in [-0.3, -0.25) is 10.3 Å². The molecule has 2 nitrogen and oxygen atoms in total. The van der Waals surface area contributed by atoms with E-state index in [4.69, 9.17) is 0 Å². The van der Waals surface area contributed by atoms with E-state index in [1.54, 1.807) is 0 Å². The van der Waals surface area contributed by atoms with Crippen molar-refractivity contribution in [3.8, 4) is 0 Å². The van der Waals surface area contributed by atoms with Crippen molar-refractivity contribution in [1.82, 2.24) is 5.32 Å². The molecule has 0 saturated carbocycles. The number of nitrogens with zero attached hydrogens (tertiary/aromatic N) is 1. The third-order valence-electron chi connectivity index (χ3n) is 3.64. The lowest BCUT2D eigenvalue weighted by molar-refractivity contribution is 0.383. The van der Waals surface area contributed by atoms with Gasteiger partial charge in [0.1, 0.15) is 0 Å². The molecule has 0 radical (unpaired) electrons. The predicted octanol–water partition coefficient (Wildman–Crippen LogP) is 2.66. The second kappa shape index (κ2) is 3.50. The molecule has 1 N–H and O–H groups in total. The third-order valence-corrected chi connectivity index (χ3v) is 3.64. The topological polar surface area (TPSA) is 24.4 Å².